The summed E-state index contributed by atoms with van der Waals surface area (Å²) in [5.74, 6) is 0. The Balaban J connectivity index is 3.30. The standard InChI is InChI=1S/C23H28/c1-7-10-11-13-18(4)16-22-17-21(15-14-19(22)5)23(9-3)20(6)12-8-2/h7-17H,3H2,1-2,4-6H3/b10-7-,12-8-,13-11-,18-16+,23-20-. The number of hydrogen-bond acceptors (Lipinski definition) is 0. The maximum absolute atomic E-state index is 3.98. The van der Waals surface area contributed by atoms with Crippen LogP contribution in [0.4, 0.5) is 0 Å². The predicted octanol–water partition coefficient (Wildman–Crippen LogP) is 7.07. The highest BCUT2D eigenvalue weighted by molar-refractivity contribution is 5.79. The minimum atomic E-state index is 1.18. The van der Waals surface area contributed by atoms with Gasteiger partial charge in [-0.2, -0.15) is 0 Å². The molecule has 0 heterocycles. The predicted molar refractivity (Wildman–Crippen MR) is 106 cm³/mol. The summed E-state index contributed by atoms with van der Waals surface area (Å²) in [6.45, 7) is 14.4. The lowest BCUT2D eigenvalue weighted by atomic mass is 9.95. The fraction of sp³-hybridized carbons (Fsp3) is 0.217. The summed E-state index contributed by atoms with van der Waals surface area (Å²) in [6.07, 6.45) is 16.6. The molecule has 1 aromatic carbocycles. The van der Waals surface area contributed by atoms with Crippen LogP contribution in [-0.4, -0.2) is 0 Å². The van der Waals surface area contributed by atoms with Crippen LogP contribution in [0.25, 0.3) is 11.6 Å². The van der Waals surface area contributed by atoms with Crippen molar-refractivity contribution in [3.05, 3.63) is 95.1 Å². The molecule has 1 rings (SSSR count). The molecule has 0 fully saturated rings. The Bertz CT molecular complexity index is 689. The van der Waals surface area contributed by atoms with Crippen LogP contribution in [0.5, 0.6) is 0 Å². The molecule has 120 valence electrons. The van der Waals surface area contributed by atoms with E-state index in [-0.39, 0.29) is 0 Å². The molecule has 0 amide bonds. The normalized spacial score (nSPS) is 14.0. The van der Waals surface area contributed by atoms with Gasteiger partial charge in [0.15, 0.2) is 0 Å². The number of benzene rings is 1. The minimum absolute atomic E-state index is 1.18. The molecule has 0 spiro atoms. The molecule has 0 bridgehead atoms. The monoisotopic (exact) mass is 304 g/mol. The van der Waals surface area contributed by atoms with Crippen LogP contribution in [0.1, 0.15) is 44.4 Å². The van der Waals surface area contributed by atoms with Crippen molar-refractivity contribution in [2.75, 3.05) is 0 Å². The molecule has 0 saturated carbocycles. The molecule has 1 aromatic rings. The molecule has 0 aliphatic carbocycles. The van der Waals surface area contributed by atoms with E-state index in [0.717, 1.165) is 0 Å². The van der Waals surface area contributed by atoms with E-state index in [1.807, 2.05) is 32.1 Å². The third kappa shape index (κ3) is 5.75. The van der Waals surface area contributed by atoms with Crippen molar-refractivity contribution in [3.8, 4) is 0 Å². The van der Waals surface area contributed by atoms with E-state index in [4.69, 9.17) is 0 Å². The van der Waals surface area contributed by atoms with E-state index in [1.165, 1.54) is 33.4 Å². The van der Waals surface area contributed by atoms with Gasteiger partial charge < -0.3 is 0 Å². The summed E-state index contributed by atoms with van der Waals surface area (Å²) in [5, 5.41) is 0. The van der Waals surface area contributed by atoms with Gasteiger partial charge in [-0.05, 0) is 68.5 Å². The first kappa shape index (κ1) is 18.7. The molecular formula is C23H28. The first-order valence-corrected chi connectivity index (χ1v) is 8.08. The molecule has 0 N–H and O–H groups in total. The lowest BCUT2D eigenvalue weighted by molar-refractivity contribution is 1.40. The van der Waals surface area contributed by atoms with Gasteiger partial charge in [-0.3, -0.25) is 0 Å². The van der Waals surface area contributed by atoms with Gasteiger partial charge in [-0.25, -0.2) is 0 Å². The Morgan fingerprint density at radius 2 is 1.74 bits per heavy atom. The summed E-state index contributed by atoms with van der Waals surface area (Å²) in [4.78, 5) is 0. The molecule has 0 atom stereocenters. The van der Waals surface area contributed by atoms with Crippen LogP contribution in [0, 0.1) is 6.92 Å². The first-order valence-electron chi connectivity index (χ1n) is 8.08. The number of hydrogen-bond donors (Lipinski definition) is 0. The second-order valence-electron chi connectivity index (χ2n) is 5.65. The van der Waals surface area contributed by atoms with Crippen molar-refractivity contribution >= 4 is 11.6 Å². The van der Waals surface area contributed by atoms with Crippen molar-refractivity contribution < 1.29 is 0 Å². The highest BCUT2D eigenvalue weighted by Crippen LogP contribution is 2.24. The highest BCUT2D eigenvalue weighted by Gasteiger charge is 2.04. The number of aryl methyl sites for hydroxylation is 1. The summed E-state index contributed by atoms with van der Waals surface area (Å²) < 4.78 is 0. The van der Waals surface area contributed by atoms with Crippen LogP contribution < -0.4 is 0 Å². The van der Waals surface area contributed by atoms with Gasteiger partial charge in [0.1, 0.15) is 0 Å². The van der Waals surface area contributed by atoms with Gasteiger partial charge in [-0.15, -0.1) is 0 Å². The highest BCUT2D eigenvalue weighted by atomic mass is 14.1. The van der Waals surface area contributed by atoms with Gasteiger partial charge >= 0.3 is 0 Å². The zero-order valence-electron chi connectivity index (χ0n) is 15.1. The van der Waals surface area contributed by atoms with Crippen molar-refractivity contribution in [1.82, 2.24) is 0 Å². The number of allylic oxidation sites excluding steroid dienone is 10. The van der Waals surface area contributed by atoms with E-state index >= 15 is 0 Å². The zero-order chi connectivity index (χ0) is 17.2. The smallest absolute Gasteiger partial charge is 0.0161 e. The van der Waals surface area contributed by atoms with Gasteiger partial charge in [0.25, 0.3) is 0 Å². The third-order valence-corrected chi connectivity index (χ3v) is 3.68. The summed E-state index contributed by atoms with van der Waals surface area (Å²) in [6, 6.07) is 6.59. The maximum atomic E-state index is 3.98. The molecule has 0 aliphatic rings. The fourth-order valence-electron chi connectivity index (χ4n) is 2.42. The first-order chi connectivity index (χ1) is 11.0. The van der Waals surface area contributed by atoms with Crippen LogP contribution in [-0.2, 0) is 0 Å². The van der Waals surface area contributed by atoms with Crippen molar-refractivity contribution in [2.24, 2.45) is 0 Å². The van der Waals surface area contributed by atoms with Crippen LogP contribution in [0.15, 0.2) is 78.5 Å². The van der Waals surface area contributed by atoms with E-state index in [1.54, 1.807) is 0 Å². The summed E-state index contributed by atoms with van der Waals surface area (Å²) in [7, 11) is 0. The SMILES string of the molecule is C=C/C(=C(C)/C=C\C)c1ccc(C)c(/C=C(C)/C=C\C=C/C)c1. The Labute approximate surface area is 141 Å². The average Bonchev–Trinajstić information content (AvgIpc) is 2.51. The molecule has 0 unspecified atom stereocenters. The molecular weight excluding hydrogens is 276 g/mol. The van der Waals surface area contributed by atoms with Crippen LogP contribution >= 0.6 is 0 Å². The molecule has 0 radical (unpaired) electrons. The Morgan fingerprint density at radius 3 is 2.35 bits per heavy atom. The van der Waals surface area contributed by atoms with E-state index in [9.17, 15) is 0 Å². The quantitative estimate of drug-likeness (QED) is 0.493. The Morgan fingerprint density at radius 1 is 1.00 bits per heavy atom. The molecule has 23 heavy (non-hydrogen) atoms. The minimum Gasteiger partial charge on any atom is -0.0984 e. The van der Waals surface area contributed by atoms with E-state index < -0.39 is 0 Å². The lowest BCUT2D eigenvalue weighted by Gasteiger charge is -2.10. The molecule has 0 nitrogen and oxygen atoms in total. The maximum Gasteiger partial charge on any atom is -0.0161 e. The van der Waals surface area contributed by atoms with Crippen molar-refractivity contribution in [2.45, 2.75) is 34.6 Å². The Hall–Kier alpha value is -2.34. The van der Waals surface area contributed by atoms with Gasteiger partial charge in [0, 0.05) is 0 Å². The van der Waals surface area contributed by atoms with Gasteiger partial charge in [0.05, 0.1) is 0 Å². The largest absolute Gasteiger partial charge is 0.0984 e. The average molecular weight is 304 g/mol. The van der Waals surface area contributed by atoms with Crippen molar-refractivity contribution in [1.29, 1.82) is 0 Å². The summed E-state index contributed by atoms with van der Waals surface area (Å²) >= 11 is 0. The molecule has 0 aromatic heterocycles. The van der Waals surface area contributed by atoms with Crippen molar-refractivity contribution in [3.63, 3.8) is 0 Å². The molecule has 0 aliphatic heterocycles. The van der Waals surface area contributed by atoms with Crippen LogP contribution in [0.3, 0.4) is 0 Å². The summed E-state index contributed by atoms with van der Waals surface area (Å²) in [5.41, 5.74) is 7.37. The van der Waals surface area contributed by atoms with Crippen LogP contribution in [0.2, 0.25) is 0 Å². The zero-order valence-corrected chi connectivity index (χ0v) is 15.1. The third-order valence-electron chi connectivity index (χ3n) is 3.68. The second kappa shape index (κ2) is 9.63. The topological polar surface area (TPSA) is 0 Å². The molecule has 0 saturated heterocycles. The van der Waals surface area contributed by atoms with Gasteiger partial charge in [-0.1, -0.05) is 72.9 Å². The second-order valence-corrected chi connectivity index (χ2v) is 5.65. The number of rotatable bonds is 6. The van der Waals surface area contributed by atoms with E-state index in [0.29, 0.717) is 0 Å². The van der Waals surface area contributed by atoms with E-state index in [2.05, 4.69) is 75.9 Å². The lowest BCUT2D eigenvalue weighted by Crippen LogP contribution is -1.89. The Kier molecular flexibility index (Phi) is 7.83. The fourth-order valence-corrected chi connectivity index (χ4v) is 2.42. The molecule has 0 heteroatoms. The van der Waals surface area contributed by atoms with Gasteiger partial charge in [0.2, 0.25) is 0 Å².